The quantitative estimate of drug-likeness (QED) is 0.895. The van der Waals surface area contributed by atoms with Crippen LogP contribution in [0.4, 0.5) is 0 Å². The molecule has 0 aromatic carbocycles. The number of rotatable bonds is 2. The van der Waals surface area contributed by atoms with Crippen molar-refractivity contribution >= 4 is 39.1 Å². The Morgan fingerprint density at radius 1 is 1.62 bits per heavy atom. The number of nitrogens with zero attached hydrogens (tertiary/aromatic N) is 1. The van der Waals surface area contributed by atoms with Gasteiger partial charge in [0.15, 0.2) is 0 Å². The third kappa shape index (κ3) is 2.18. The summed E-state index contributed by atoms with van der Waals surface area (Å²) >= 11 is 7.63. The van der Waals surface area contributed by atoms with Crippen molar-refractivity contribution in [2.45, 2.75) is 19.9 Å². The number of aromatic nitrogens is 1. The predicted octanol–water partition coefficient (Wildman–Crippen LogP) is 3.15. The van der Waals surface area contributed by atoms with Gasteiger partial charge in [0.1, 0.15) is 0 Å². The summed E-state index contributed by atoms with van der Waals surface area (Å²) in [6.07, 6.45) is 1.68. The van der Waals surface area contributed by atoms with Gasteiger partial charge in [-0.2, -0.15) is 0 Å². The molecule has 0 aliphatic carbocycles. The van der Waals surface area contributed by atoms with E-state index in [0.717, 1.165) is 15.1 Å². The number of halogens is 1. The second kappa shape index (κ2) is 4.39. The summed E-state index contributed by atoms with van der Waals surface area (Å²) in [5.74, 6) is -0.0380. The molecule has 0 aliphatic heterocycles. The van der Waals surface area contributed by atoms with Gasteiger partial charge in [0, 0.05) is 18.0 Å². The van der Waals surface area contributed by atoms with Crippen molar-refractivity contribution in [3.8, 4) is 0 Å². The number of carbonyl (C=O) groups is 1. The van der Waals surface area contributed by atoms with Crippen molar-refractivity contribution < 1.29 is 4.79 Å². The molecule has 84 valence electrons. The number of pyridine rings is 1. The molecule has 1 atom stereocenters. The van der Waals surface area contributed by atoms with Crippen LogP contribution in [0.1, 0.15) is 24.8 Å². The topological polar surface area (TPSA) is 42.0 Å². The number of hydrogen-bond donors (Lipinski definition) is 1. The second-order valence-corrected chi connectivity index (χ2v) is 5.07. The monoisotopic (exact) mass is 254 g/mol. The van der Waals surface area contributed by atoms with E-state index in [2.05, 4.69) is 10.3 Å². The zero-order chi connectivity index (χ0) is 11.7. The van der Waals surface area contributed by atoms with Crippen molar-refractivity contribution in [2.24, 2.45) is 0 Å². The van der Waals surface area contributed by atoms with Gasteiger partial charge in [-0.1, -0.05) is 11.6 Å². The molecular weight excluding hydrogens is 244 g/mol. The first-order valence-electron chi connectivity index (χ1n) is 4.89. The molecule has 0 saturated heterocycles. The highest BCUT2D eigenvalue weighted by molar-refractivity contribution is 7.19. The minimum atomic E-state index is -0.0380. The summed E-state index contributed by atoms with van der Waals surface area (Å²) in [4.78, 5) is 16.3. The lowest BCUT2D eigenvalue weighted by atomic mass is 10.2. The Hall–Kier alpha value is -1.13. The van der Waals surface area contributed by atoms with Crippen molar-refractivity contribution in [3.05, 3.63) is 28.2 Å². The van der Waals surface area contributed by atoms with Crippen LogP contribution in [0, 0.1) is 0 Å². The van der Waals surface area contributed by atoms with Crippen molar-refractivity contribution in [1.29, 1.82) is 0 Å². The van der Waals surface area contributed by atoms with Crippen LogP contribution < -0.4 is 5.32 Å². The van der Waals surface area contributed by atoms with E-state index in [1.807, 2.05) is 13.0 Å². The minimum absolute atomic E-state index is 0.00670. The summed E-state index contributed by atoms with van der Waals surface area (Å²) in [5.41, 5.74) is 0.879. The van der Waals surface area contributed by atoms with Crippen LogP contribution in [0.15, 0.2) is 18.3 Å². The zero-order valence-electron chi connectivity index (χ0n) is 8.95. The largest absolute Gasteiger partial charge is 0.349 e. The lowest BCUT2D eigenvalue weighted by Gasteiger charge is -2.08. The molecule has 2 aromatic heterocycles. The van der Waals surface area contributed by atoms with E-state index in [1.54, 1.807) is 23.6 Å². The van der Waals surface area contributed by atoms with Crippen LogP contribution in [-0.2, 0) is 4.79 Å². The maximum absolute atomic E-state index is 11.0. The summed E-state index contributed by atoms with van der Waals surface area (Å²) in [6.45, 7) is 3.45. The molecule has 0 fully saturated rings. The number of amides is 1. The highest BCUT2D eigenvalue weighted by Gasteiger charge is 2.12. The van der Waals surface area contributed by atoms with Crippen LogP contribution in [0.5, 0.6) is 0 Å². The molecule has 0 spiro atoms. The molecule has 1 N–H and O–H groups in total. The average Bonchev–Trinajstić information content (AvgIpc) is 2.61. The maximum atomic E-state index is 11.0. The molecule has 2 aromatic rings. The lowest BCUT2D eigenvalue weighted by molar-refractivity contribution is -0.119. The average molecular weight is 255 g/mol. The Morgan fingerprint density at radius 3 is 3.00 bits per heavy atom. The van der Waals surface area contributed by atoms with Crippen LogP contribution >= 0.6 is 22.9 Å². The standard InChI is InChI=1S/C11H11ClN2OS/c1-6(14-7(2)15)10-5-9-11(16-10)8(12)3-4-13-9/h3-6H,1-2H3,(H,14,15). The third-order valence-electron chi connectivity index (χ3n) is 2.23. The van der Waals surface area contributed by atoms with Gasteiger partial charge in [0.2, 0.25) is 5.91 Å². The number of fused-ring (bicyclic) bond motifs is 1. The fourth-order valence-electron chi connectivity index (χ4n) is 1.51. The normalized spacial score (nSPS) is 12.7. The molecular formula is C11H11ClN2OS. The van der Waals surface area contributed by atoms with Crippen LogP contribution in [0.25, 0.3) is 10.2 Å². The molecule has 2 rings (SSSR count). The van der Waals surface area contributed by atoms with E-state index in [-0.39, 0.29) is 11.9 Å². The summed E-state index contributed by atoms with van der Waals surface area (Å²) < 4.78 is 0.969. The van der Waals surface area contributed by atoms with E-state index in [4.69, 9.17) is 11.6 Å². The van der Waals surface area contributed by atoms with Crippen molar-refractivity contribution in [3.63, 3.8) is 0 Å². The van der Waals surface area contributed by atoms with Crippen molar-refractivity contribution in [2.75, 3.05) is 0 Å². The van der Waals surface area contributed by atoms with Crippen LogP contribution in [0.2, 0.25) is 5.02 Å². The molecule has 16 heavy (non-hydrogen) atoms. The van der Waals surface area contributed by atoms with Gasteiger partial charge in [-0.25, -0.2) is 0 Å². The van der Waals surface area contributed by atoms with Gasteiger partial charge in [0.05, 0.1) is 21.3 Å². The fourth-order valence-corrected chi connectivity index (χ4v) is 2.81. The van der Waals surface area contributed by atoms with Gasteiger partial charge in [0.25, 0.3) is 0 Å². The first kappa shape index (κ1) is 11.4. The molecule has 0 bridgehead atoms. The Balaban J connectivity index is 2.39. The highest BCUT2D eigenvalue weighted by Crippen LogP contribution is 2.33. The number of nitrogens with one attached hydrogen (secondary N) is 1. The summed E-state index contributed by atoms with van der Waals surface area (Å²) in [7, 11) is 0. The Bertz CT molecular complexity index is 538. The van der Waals surface area contributed by atoms with Gasteiger partial charge in [-0.3, -0.25) is 9.78 Å². The second-order valence-electron chi connectivity index (χ2n) is 3.58. The predicted molar refractivity (Wildman–Crippen MR) is 66.9 cm³/mol. The van der Waals surface area contributed by atoms with E-state index in [0.29, 0.717) is 5.02 Å². The van der Waals surface area contributed by atoms with E-state index < -0.39 is 0 Å². The minimum Gasteiger partial charge on any atom is -0.349 e. The number of thiophene rings is 1. The molecule has 1 amide bonds. The summed E-state index contributed by atoms with van der Waals surface area (Å²) in [6, 6.07) is 3.73. The van der Waals surface area contributed by atoms with Crippen LogP contribution in [0.3, 0.4) is 0 Å². The Labute approximate surface area is 102 Å². The Kier molecular flexibility index (Phi) is 3.12. The van der Waals surface area contributed by atoms with Crippen LogP contribution in [-0.4, -0.2) is 10.9 Å². The SMILES string of the molecule is CC(=O)NC(C)c1cc2nccc(Cl)c2s1. The van der Waals surface area contributed by atoms with Gasteiger partial charge >= 0.3 is 0 Å². The zero-order valence-corrected chi connectivity index (χ0v) is 10.5. The van der Waals surface area contributed by atoms with E-state index in [1.165, 1.54) is 6.92 Å². The molecule has 5 heteroatoms. The third-order valence-corrected chi connectivity index (χ3v) is 4.00. The molecule has 2 heterocycles. The first-order valence-corrected chi connectivity index (χ1v) is 6.08. The maximum Gasteiger partial charge on any atom is 0.217 e. The molecule has 0 saturated carbocycles. The summed E-state index contributed by atoms with van der Waals surface area (Å²) in [5, 5.41) is 3.54. The van der Waals surface area contributed by atoms with Gasteiger partial charge in [-0.15, -0.1) is 11.3 Å². The van der Waals surface area contributed by atoms with Gasteiger partial charge < -0.3 is 5.32 Å². The van der Waals surface area contributed by atoms with E-state index >= 15 is 0 Å². The first-order chi connectivity index (χ1) is 7.58. The fraction of sp³-hybridized carbons (Fsp3) is 0.273. The van der Waals surface area contributed by atoms with E-state index in [9.17, 15) is 4.79 Å². The highest BCUT2D eigenvalue weighted by atomic mass is 35.5. The molecule has 3 nitrogen and oxygen atoms in total. The lowest BCUT2D eigenvalue weighted by Crippen LogP contribution is -2.22. The van der Waals surface area contributed by atoms with Gasteiger partial charge in [-0.05, 0) is 19.1 Å². The molecule has 1 unspecified atom stereocenters. The smallest absolute Gasteiger partial charge is 0.217 e. The molecule has 0 radical (unpaired) electrons. The Morgan fingerprint density at radius 2 is 2.38 bits per heavy atom. The molecule has 0 aliphatic rings. The number of hydrogen-bond acceptors (Lipinski definition) is 3. The van der Waals surface area contributed by atoms with Crippen molar-refractivity contribution in [1.82, 2.24) is 10.3 Å². The number of carbonyl (C=O) groups excluding carboxylic acids is 1.